The summed E-state index contributed by atoms with van der Waals surface area (Å²) in [6.45, 7) is 2.08. The van der Waals surface area contributed by atoms with Crippen LogP contribution in [0.1, 0.15) is 41.7 Å². The molecular formula is C16H20N4O. The van der Waals surface area contributed by atoms with Crippen LogP contribution in [0, 0.1) is 0 Å². The average Bonchev–Trinajstić information content (AvgIpc) is 3.17. The van der Waals surface area contributed by atoms with Crippen molar-refractivity contribution >= 4 is 11.6 Å². The number of hydrogen-bond donors (Lipinski definition) is 2. The van der Waals surface area contributed by atoms with Crippen molar-refractivity contribution in [2.45, 2.75) is 31.8 Å². The highest BCUT2D eigenvalue weighted by atomic mass is 16.1. The fourth-order valence-corrected chi connectivity index (χ4v) is 2.24. The molecule has 2 aromatic rings. The summed E-state index contributed by atoms with van der Waals surface area (Å²) < 4.78 is 1.78. The highest BCUT2D eigenvalue weighted by Crippen LogP contribution is 2.21. The third-order valence-electron chi connectivity index (χ3n) is 3.65. The van der Waals surface area contributed by atoms with Crippen LogP contribution in [0.5, 0.6) is 0 Å². The van der Waals surface area contributed by atoms with Gasteiger partial charge in [0.25, 0.3) is 5.91 Å². The Labute approximate surface area is 124 Å². The Bertz CT molecular complexity index is 645. The number of carbonyl (C=O) groups excluding carboxylic acids is 1. The number of rotatable bonds is 5. The van der Waals surface area contributed by atoms with Crippen molar-refractivity contribution in [1.82, 2.24) is 15.1 Å². The Hall–Kier alpha value is -2.30. The molecule has 1 saturated carbocycles. The Morgan fingerprint density at radius 3 is 2.90 bits per heavy atom. The van der Waals surface area contributed by atoms with Gasteiger partial charge in [-0.15, -0.1) is 0 Å². The molecule has 1 aliphatic carbocycles. The molecule has 110 valence electrons. The standard InChI is InChI=1S/C16H20N4O/c1-11(13-9-17-20(2)10-13)18-15-5-3-4-12(8-15)16(21)19-14-6-7-14/h3-5,8-11,14,18H,6-7H2,1-2H3,(H,19,21). The van der Waals surface area contributed by atoms with E-state index in [0.717, 1.165) is 24.1 Å². The van der Waals surface area contributed by atoms with Crippen LogP contribution in [-0.4, -0.2) is 21.7 Å². The Morgan fingerprint density at radius 2 is 2.24 bits per heavy atom. The average molecular weight is 284 g/mol. The lowest BCUT2D eigenvalue weighted by Gasteiger charge is -2.14. The molecule has 1 unspecified atom stereocenters. The molecule has 0 radical (unpaired) electrons. The van der Waals surface area contributed by atoms with E-state index in [9.17, 15) is 4.79 Å². The van der Waals surface area contributed by atoms with E-state index in [-0.39, 0.29) is 11.9 Å². The summed E-state index contributed by atoms with van der Waals surface area (Å²) in [5, 5.41) is 10.6. The summed E-state index contributed by atoms with van der Waals surface area (Å²) in [5.74, 6) is 0.00943. The quantitative estimate of drug-likeness (QED) is 0.887. The third-order valence-corrected chi connectivity index (χ3v) is 3.65. The first-order chi connectivity index (χ1) is 10.1. The molecule has 1 fully saturated rings. The number of nitrogens with one attached hydrogen (secondary N) is 2. The van der Waals surface area contributed by atoms with Gasteiger partial charge in [-0.3, -0.25) is 9.48 Å². The largest absolute Gasteiger partial charge is 0.378 e. The maximum Gasteiger partial charge on any atom is 0.251 e. The fourth-order valence-electron chi connectivity index (χ4n) is 2.24. The molecule has 0 saturated heterocycles. The van der Waals surface area contributed by atoms with Crippen molar-refractivity contribution in [2.24, 2.45) is 7.05 Å². The SMILES string of the molecule is CC(Nc1cccc(C(=O)NC2CC2)c1)c1cnn(C)c1. The first kappa shape index (κ1) is 13.7. The highest BCUT2D eigenvalue weighted by Gasteiger charge is 2.23. The second-order valence-electron chi connectivity index (χ2n) is 5.64. The molecule has 1 atom stereocenters. The van der Waals surface area contributed by atoms with Crippen molar-refractivity contribution < 1.29 is 4.79 Å². The summed E-state index contributed by atoms with van der Waals surface area (Å²) in [6, 6.07) is 8.13. The Morgan fingerprint density at radius 1 is 1.43 bits per heavy atom. The summed E-state index contributed by atoms with van der Waals surface area (Å²) in [5.41, 5.74) is 2.76. The predicted molar refractivity (Wildman–Crippen MR) is 82.2 cm³/mol. The molecule has 1 heterocycles. The topological polar surface area (TPSA) is 59.0 Å². The lowest BCUT2D eigenvalue weighted by molar-refractivity contribution is 0.0951. The smallest absolute Gasteiger partial charge is 0.251 e. The number of aromatic nitrogens is 2. The molecule has 3 rings (SSSR count). The molecular weight excluding hydrogens is 264 g/mol. The minimum Gasteiger partial charge on any atom is -0.378 e. The van der Waals surface area contributed by atoms with Crippen molar-refractivity contribution in [3.8, 4) is 0 Å². The van der Waals surface area contributed by atoms with Crippen LogP contribution in [0.2, 0.25) is 0 Å². The van der Waals surface area contributed by atoms with Gasteiger partial charge in [-0.05, 0) is 38.0 Å². The summed E-state index contributed by atoms with van der Waals surface area (Å²) in [4.78, 5) is 12.1. The van der Waals surface area contributed by atoms with Gasteiger partial charge in [0.1, 0.15) is 0 Å². The van der Waals surface area contributed by atoms with Crippen molar-refractivity contribution in [3.63, 3.8) is 0 Å². The zero-order chi connectivity index (χ0) is 14.8. The molecule has 1 aromatic heterocycles. The van der Waals surface area contributed by atoms with Gasteiger partial charge >= 0.3 is 0 Å². The number of amides is 1. The third kappa shape index (κ3) is 3.42. The van der Waals surface area contributed by atoms with Crippen LogP contribution in [0.4, 0.5) is 5.69 Å². The monoisotopic (exact) mass is 284 g/mol. The van der Waals surface area contributed by atoms with Gasteiger partial charge in [0.05, 0.1) is 12.2 Å². The van der Waals surface area contributed by atoms with E-state index in [1.807, 2.05) is 43.7 Å². The molecule has 1 amide bonds. The molecule has 5 heteroatoms. The molecule has 1 aliphatic rings. The summed E-state index contributed by atoms with van der Waals surface area (Å²) >= 11 is 0. The molecule has 5 nitrogen and oxygen atoms in total. The number of aryl methyl sites for hydroxylation is 1. The van der Waals surface area contributed by atoms with Crippen LogP contribution in [-0.2, 0) is 7.05 Å². The van der Waals surface area contributed by atoms with Crippen molar-refractivity contribution in [2.75, 3.05) is 5.32 Å². The maximum absolute atomic E-state index is 12.1. The van der Waals surface area contributed by atoms with E-state index in [0.29, 0.717) is 11.6 Å². The number of nitrogens with zero attached hydrogens (tertiary/aromatic N) is 2. The lowest BCUT2D eigenvalue weighted by Crippen LogP contribution is -2.25. The van der Waals surface area contributed by atoms with E-state index in [2.05, 4.69) is 22.7 Å². The number of hydrogen-bond acceptors (Lipinski definition) is 3. The molecule has 0 aliphatic heterocycles. The van der Waals surface area contributed by atoms with Crippen LogP contribution in [0.3, 0.4) is 0 Å². The second-order valence-corrected chi connectivity index (χ2v) is 5.64. The molecule has 0 spiro atoms. The van der Waals surface area contributed by atoms with Gasteiger partial charge in [0, 0.05) is 36.1 Å². The van der Waals surface area contributed by atoms with Gasteiger partial charge < -0.3 is 10.6 Å². The first-order valence-electron chi connectivity index (χ1n) is 7.28. The normalized spacial score (nSPS) is 15.5. The number of carbonyl (C=O) groups is 1. The minimum atomic E-state index is 0.00943. The van der Waals surface area contributed by atoms with Gasteiger partial charge in [-0.2, -0.15) is 5.10 Å². The van der Waals surface area contributed by atoms with Crippen molar-refractivity contribution in [3.05, 3.63) is 47.8 Å². The van der Waals surface area contributed by atoms with Crippen LogP contribution >= 0.6 is 0 Å². The van der Waals surface area contributed by atoms with Gasteiger partial charge in [-0.25, -0.2) is 0 Å². The maximum atomic E-state index is 12.1. The molecule has 1 aromatic carbocycles. The van der Waals surface area contributed by atoms with Crippen LogP contribution in [0.15, 0.2) is 36.7 Å². The number of benzene rings is 1. The van der Waals surface area contributed by atoms with E-state index < -0.39 is 0 Å². The van der Waals surface area contributed by atoms with E-state index in [4.69, 9.17) is 0 Å². The van der Waals surface area contributed by atoms with Gasteiger partial charge in [0.15, 0.2) is 0 Å². The fraction of sp³-hybridized carbons (Fsp3) is 0.375. The zero-order valence-corrected chi connectivity index (χ0v) is 12.3. The molecule has 21 heavy (non-hydrogen) atoms. The minimum absolute atomic E-state index is 0.00943. The van der Waals surface area contributed by atoms with Crippen LogP contribution < -0.4 is 10.6 Å². The molecule has 2 N–H and O–H groups in total. The van der Waals surface area contributed by atoms with Gasteiger partial charge in [0.2, 0.25) is 0 Å². The Kier molecular flexibility index (Phi) is 3.64. The second kappa shape index (κ2) is 5.60. The lowest BCUT2D eigenvalue weighted by atomic mass is 10.1. The number of anilines is 1. The summed E-state index contributed by atoms with van der Waals surface area (Å²) in [6.07, 6.45) is 6.03. The van der Waals surface area contributed by atoms with E-state index in [1.165, 1.54) is 0 Å². The predicted octanol–water partition coefficient (Wildman–Crippen LogP) is 2.49. The molecule has 0 bridgehead atoms. The van der Waals surface area contributed by atoms with Gasteiger partial charge in [-0.1, -0.05) is 6.07 Å². The first-order valence-corrected chi connectivity index (χ1v) is 7.28. The zero-order valence-electron chi connectivity index (χ0n) is 12.3. The van der Waals surface area contributed by atoms with E-state index >= 15 is 0 Å². The van der Waals surface area contributed by atoms with Crippen molar-refractivity contribution in [1.29, 1.82) is 0 Å². The highest BCUT2D eigenvalue weighted by molar-refractivity contribution is 5.95. The summed E-state index contributed by atoms with van der Waals surface area (Å²) in [7, 11) is 1.90. The van der Waals surface area contributed by atoms with Crippen LogP contribution in [0.25, 0.3) is 0 Å². The Balaban J connectivity index is 1.68. The van der Waals surface area contributed by atoms with E-state index in [1.54, 1.807) is 4.68 Å².